The van der Waals surface area contributed by atoms with Crippen LogP contribution in [0.2, 0.25) is 0 Å². The molecule has 8 nitrogen and oxygen atoms in total. The quantitative estimate of drug-likeness (QED) is 0.683. The minimum Gasteiger partial charge on any atom is -0.472 e. The van der Waals surface area contributed by atoms with Crippen LogP contribution in [0.5, 0.6) is 5.88 Å². The number of aliphatic hydroxyl groups is 1. The molecule has 3 amide bonds. The number of carbonyl (C=O) groups excluding carboxylic acids is 2. The van der Waals surface area contributed by atoms with Crippen LogP contribution in [0.15, 0.2) is 16.7 Å². The van der Waals surface area contributed by atoms with Gasteiger partial charge in [-0.1, -0.05) is 13.8 Å². The normalized spacial score (nSPS) is 20.5. The average Bonchev–Trinajstić information content (AvgIpc) is 2.68. The number of carbonyl (C=O) groups is 2. The standard InChI is InChI=1S/C19H29BrN4O4/c1-5-6-21-19(27)23(4)10-16-12(2)9-24(13(3)11-25)18(26)15-7-14(20)8-22-17(15)28-16/h7-8,12-13,16,25H,5-6,9-11H2,1-4H3,(H,21,27)/t12-,13-,16-/m0/s1. The number of nitrogens with one attached hydrogen (secondary N) is 1. The number of likely N-dealkylation sites (N-methyl/N-ethyl adjacent to an activating group) is 1. The highest BCUT2D eigenvalue weighted by Crippen LogP contribution is 2.28. The Bertz CT molecular complexity index is 703. The van der Waals surface area contributed by atoms with Crippen molar-refractivity contribution >= 4 is 27.9 Å². The second kappa shape index (κ2) is 10.1. The molecule has 3 atom stereocenters. The highest BCUT2D eigenvalue weighted by atomic mass is 79.9. The van der Waals surface area contributed by atoms with Crippen LogP contribution >= 0.6 is 15.9 Å². The number of aromatic nitrogens is 1. The zero-order chi connectivity index (χ0) is 20.8. The van der Waals surface area contributed by atoms with E-state index in [1.165, 1.54) is 0 Å². The molecular formula is C19H29BrN4O4. The van der Waals surface area contributed by atoms with E-state index >= 15 is 0 Å². The summed E-state index contributed by atoms with van der Waals surface area (Å²) < 4.78 is 6.77. The topological polar surface area (TPSA) is 95.0 Å². The number of rotatable bonds is 6. The Morgan fingerprint density at radius 2 is 2.29 bits per heavy atom. The molecule has 0 saturated heterocycles. The van der Waals surface area contributed by atoms with Gasteiger partial charge in [0.05, 0.1) is 19.2 Å². The largest absolute Gasteiger partial charge is 0.472 e. The first-order valence-corrected chi connectivity index (χ1v) is 10.3. The molecule has 0 bridgehead atoms. The van der Waals surface area contributed by atoms with E-state index < -0.39 is 0 Å². The molecule has 0 spiro atoms. The molecule has 0 saturated carbocycles. The van der Waals surface area contributed by atoms with Gasteiger partial charge < -0.3 is 25.0 Å². The van der Waals surface area contributed by atoms with E-state index in [4.69, 9.17) is 4.74 Å². The number of nitrogens with zero attached hydrogens (tertiary/aromatic N) is 3. The lowest BCUT2D eigenvalue weighted by Crippen LogP contribution is -2.51. The second-order valence-corrected chi connectivity index (χ2v) is 8.16. The van der Waals surface area contributed by atoms with Gasteiger partial charge in [-0.2, -0.15) is 0 Å². The fraction of sp³-hybridized carbons (Fsp3) is 0.632. The van der Waals surface area contributed by atoms with E-state index in [-0.39, 0.29) is 42.5 Å². The van der Waals surface area contributed by atoms with Gasteiger partial charge in [0.25, 0.3) is 5.91 Å². The lowest BCUT2D eigenvalue weighted by atomic mass is 10.0. The van der Waals surface area contributed by atoms with Crippen LogP contribution in [0.1, 0.15) is 37.6 Å². The first kappa shape index (κ1) is 22.4. The van der Waals surface area contributed by atoms with Crippen molar-refractivity contribution in [2.45, 2.75) is 39.3 Å². The molecule has 9 heteroatoms. The molecule has 2 heterocycles. The third-order valence-electron chi connectivity index (χ3n) is 4.81. The molecule has 2 N–H and O–H groups in total. The van der Waals surface area contributed by atoms with Gasteiger partial charge in [-0.25, -0.2) is 9.78 Å². The number of pyridine rings is 1. The van der Waals surface area contributed by atoms with Crippen LogP contribution in [0.25, 0.3) is 0 Å². The van der Waals surface area contributed by atoms with Crippen LogP contribution in [0.3, 0.4) is 0 Å². The maximum Gasteiger partial charge on any atom is 0.317 e. The molecule has 0 unspecified atom stereocenters. The smallest absolute Gasteiger partial charge is 0.317 e. The van der Waals surface area contributed by atoms with Crippen molar-refractivity contribution in [2.75, 3.05) is 33.3 Å². The average molecular weight is 457 g/mol. The van der Waals surface area contributed by atoms with Crippen LogP contribution in [-0.4, -0.2) is 77.3 Å². The lowest BCUT2D eigenvalue weighted by molar-refractivity contribution is 0.0352. The first-order chi connectivity index (χ1) is 13.3. The van der Waals surface area contributed by atoms with E-state index in [9.17, 15) is 14.7 Å². The Morgan fingerprint density at radius 1 is 1.57 bits per heavy atom. The SMILES string of the molecule is CCCNC(=O)N(C)C[C@@H]1Oc2ncc(Br)cc2C(=O)N([C@@H](C)CO)C[C@@H]1C. The van der Waals surface area contributed by atoms with Gasteiger partial charge in [0, 0.05) is 36.7 Å². The minimum atomic E-state index is -0.355. The summed E-state index contributed by atoms with van der Waals surface area (Å²) in [5.41, 5.74) is 0.338. The lowest BCUT2D eigenvalue weighted by Gasteiger charge is -2.37. The number of ether oxygens (including phenoxy) is 1. The second-order valence-electron chi connectivity index (χ2n) is 7.24. The van der Waals surface area contributed by atoms with E-state index in [0.29, 0.717) is 29.7 Å². The number of urea groups is 1. The van der Waals surface area contributed by atoms with E-state index in [0.717, 1.165) is 6.42 Å². The Morgan fingerprint density at radius 3 is 2.93 bits per heavy atom. The van der Waals surface area contributed by atoms with Crippen LogP contribution in [0.4, 0.5) is 4.79 Å². The minimum absolute atomic E-state index is 0.0713. The Balaban J connectivity index is 2.31. The number of aliphatic hydroxyl groups excluding tert-OH is 1. The van der Waals surface area contributed by atoms with Crippen molar-refractivity contribution in [2.24, 2.45) is 5.92 Å². The molecule has 0 radical (unpaired) electrons. The molecule has 28 heavy (non-hydrogen) atoms. The molecule has 1 aliphatic heterocycles. The van der Waals surface area contributed by atoms with Crippen molar-refractivity contribution in [3.05, 3.63) is 22.3 Å². The van der Waals surface area contributed by atoms with Crippen molar-refractivity contribution in [1.82, 2.24) is 20.1 Å². The monoisotopic (exact) mass is 456 g/mol. The summed E-state index contributed by atoms with van der Waals surface area (Å²) in [6.07, 6.45) is 2.08. The van der Waals surface area contributed by atoms with E-state index in [1.54, 1.807) is 36.0 Å². The number of halogens is 1. The van der Waals surface area contributed by atoms with Crippen LogP contribution in [-0.2, 0) is 0 Å². The summed E-state index contributed by atoms with van der Waals surface area (Å²) in [5, 5.41) is 12.5. The summed E-state index contributed by atoms with van der Waals surface area (Å²) in [6, 6.07) is 1.17. The summed E-state index contributed by atoms with van der Waals surface area (Å²) in [4.78, 5) is 32.8. The highest BCUT2D eigenvalue weighted by Gasteiger charge is 2.34. The Kier molecular flexibility index (Phi) is 8.06. The number of amides is 3. The van der Waals surface area contributed by atoms with E-state index in [1.807, 2.05) is 13.8 Å². The third kappa shape index (κ3) is 5.35. The van der Waals surface area contributed by atoms with Crippen molar-refractivity contribution in [3.63, 3.8) is 0 Å². The predicted octanol–water partition coefficient (Wildman–Crippen LogP) is 2.12. The maximum atomic E-state index is 13.0. The Labute approximate surface area is 174 Å². The maximum absolute atomic E-state index is 13.0. The van der Waals surface area contributed by atoms with Crippen molar-refractivity contribution in [1.29, 1.82) is 0 Å². The molecule has 1 aromatic heterocycles. The molecule has 2 rings (SSSR count). The summed E-state index contributed by atoms with van der Waals surface area (Å²) in [7, 11) is 1.72. The zero-order valence-electron chi connectivity index (χ0n) is 16.8. The van der Waals surface area contributed by atoms with Gasteiger partial charge >= 0.3 is 6.03 Å². The van der Waals surface area contributed by atoms with Gasteiger partial charge in [0.15, 0.2) is 0 Å². The van der Waals surface area contributed by atoms with Gasteiger partial charge in [-0.15, -0.1) is 0 Å². The first-order valence-electron chi connectivity index (χ1n) is 9.51. The summed E-state index contributed by atoms with van der Waals surface area (Å²) in [5.74, 6) is -0.0649. The fourth-order valence-corrected chi connectivity index (χ4v) is 3.35. The molecule has 1 aromatic rings. The molecule has 0 fully saturated rings. The molecule has 1 aliphatic rings. The third-order valence-corrected chi connectivity index (χ3v) is 5.25. The molecule has 156 valence electrons. The summed E-state index contributed by atoms with van der Waals surface area (Å²) >= 11 is 3.35. The van der Waals surface area contributed by atoms with Crippen molar-refractivity contribution < 1.29 is 19.4 Å². The zero-order valence-corrected chi connectivity index (χ0v) is 18.4. The van der Waals surface area contributed by atoms with Gasteiger partial charge in [-0.3, -0.25) is 4.79 Å². The van der Waals surface area contributed by atoms with Gasteiger partial charge in [0.2, 0.25) is 5.88 Å². The highest BCUT2D eigenvalue weighted by molar-refractivity contribution is 9.10. The number of fused-ring (bicyclic) bond motifs is 1. The van der Waals surface area contributed by atoms with E-state index in [2.05, 4.69) is 26.2 Å². The summed E-state index contributed by atoms with van der Waals surface area (Å²) in [6.45, 7) is 6.99. The van der Waals surface area contributed by atoms with Crippen LogP contribution < -0.4 is 10.1 Å². The molecular weight excluding hydrogens is 428 g/mol. The predicted molar refractivity (Wildman–Crippen MR) is 109 cm³/mol. The fourth-order valence-electron chi connectivity index (χ4n) is 3.01. The van der Waals surface area contributed by atoms with Gasteiger partial charge in [0.1, 0.15) is 11.7 Å². The number of hydrogen-bond acceptors (Lipinski definition) is 5. The van der Waals surface area contributed by atoms with Gasteiger partial charge in [-0.05, 0) is 35.3 Å². The number of hydrogen-bond donors (Lipinski definition) is 2. The Hall–Kier alpha value is -1.87. The van der Waals surface area contributed by atoms with Crippen LogP contribution in [0, 0.1) is 5.92 Å². The van der Waals surface area contributed by atoms with Crippen molar-refractivity contribution in [3.8, 4) is 5.88 Å². The molecule has 0 aliphatic carbocycles. The molecule has 0 aromatic carbocycles.